The van der Waals surface area contributed by atoms with Gasteiger partial charge in [0, 0.05) is 52.1 Å². The summed E-state index contributed by atoms with van der Waals surface area (Å²) in [6.07, 6.45) is -3.54. The summed E-state index contributed by atoms with van der Waals surface area (Å²) >= 11 is 0. The predicted octanol–water partition coefficient (Wildman–Crippen LogP) is -3.16. The number of fused-ring (bicyclic) bond motifs is 6. The number of hydrogen-bond acceptors (Lipinski definition) is 11. The van der Waals surface area contributed by atoms with Crippen molar-refractivity contribution < 1.29 is 47.3 Å². The molecule has 4 N–H and O–H groups in total. The van der Waals surface area contributed by atoms with Gasteiger partial charge in [-0.2, -0.15) is 0 Å². The number of ether oxygens (including phenoxy) is 2. The van der Waals surface area contributed by atoms with E-state index in [1.54, 1.807) is 17.0 Å². The predicted molar refractivity (Wildman–Crippen MR) is 153 cm³/mol. The lowest BCUT2D eigenvalue weighted by atomic mass is 10.0. The maximum Gasteiger partial charge on any atom is 0.249 e. The minimum atomic E-state index is -3.39. The quantitative estimate of drug-likeness (QED) is 0.255. The van der Waals surface area contributed by atoms with Crippen molar-refractivity contribution in [1.82, 2.24) is 25.3 Å². The number of piperazine rings is 1. The number of aliphatic hydroxyl groups is 2. The normalized spacial score (nSPS) is 32.0. The maximum atomic E-state index is 14.0. The van der Waals surface area contributed by atoms with Gasteiger partial charge in [-0.15, -0.1) is 0 Å². The van der Waals surface area contributed by atoms with Crippen LogP contribution in [0.5, 0.6) is 0 Å². The summed E-state index contributed by atoms with van der Waals surface area (Å²) in [6.45, 7) is 0.377. The molecule has 0 saturated carbocycles. The van der Waals surface area contributed by atoms with Crippen molar-refractivity contribution in [2.45, 2.75) is 66.8 Å². The van der Waals surface area contributed by atoms with Gasteiger partial charge in [0.2, 0.25) is 23.6 Å². The number of nitrogens with one attached hydrogen (secondary N) is 2. The minimum absolute atomic E-state index is 0.0795. The molecule has 4 saturated heterocycles. The van der Waals surface area contributed by atoms with Crippen molar-refractivity contribution in [1.29, 1.82) is 0 Å². The van der Waals surface area contributed by atoms with Crippen molar-refractivity contribution in [3.63, 3.8) is 0 Å². The average molecular weight is 638 g/mol. The molecule has 5 rings (SSSR count). The summed E-state index contributed by atoms with van der Waals surface area (Å²) < 4.78 is 34.6. The van der Waals surface area contributed by atoms with Crippen LogP contribution in [-0.4, -0.2) is 152 Å². The van der Waals surface area contributed by atoms with Crippen LogP contribution in [0.25, 0.3) is 0 Å². The van der Waals surface area contributed by atoms with E-state index in [-0.39, 0.29) is 56.4 Å². The van der Waals surface area contributed by atoms with Crippen molar-refractivity contribution in [2.24, 2.45) is 0 Å². The van der Waals surface area contributed by atoms with Gasteiger partial charge in [0.15, 0.2) is 9.84 Å². The van der Waals surface area contributed by atoms with E-state index in [9.17, 15) is 37.8 Å². The van der Waals surface area contributed by atoms with Crippen LogP contribution in [0.15, 0.2) is 29.2 Å². The van der Waals surface area contributed by atoms with Gasteiger partial charge in [-0.25, -0.2) is 8.42 Å². The topological polar surface area (TPSA) is 195 Å². The van der Waals surface area contributed by atoms with Gasteiger partial charge < -0.3 is 40.1 Å². The first-order valence-corrected chi connectivity index (χ1v) is 16.4. The summed E-state index contributed by atoms with van der Waals surface area (Å²) in [7, 11) is -2.01. The number of sulfone groups is 1. The van der Waals surface area contributed by atoms with Gasteiger partial charge in [-0.3, -0.25) is 24.1 Å². The molecule has 16 heteroatoms. The zero-order valence-electron chi connectivity index (χ0n) is 24.6. The molecule has 1 aromatic carbocycles. The molecule has 44 heavy (non-hydrogen) atoms. The molecule has 1 aromatic rings. The van der Waals surface area contributed by atoms with E-state index >= 15 is 0 Å². The van der Waals surface area contributed by atoms with Gasteiger partial charge in [-0.1, -0.05) is 12.1 Å². The molecule has 4 amide bonds. The van der Waals surface area contributed by atoms with Crippen LogP contribution in [0.3, 0.4) is 0 Å². The molecule has 242 valence electrons. The lowest BCUT2D eigenvalue weighted by molar-refractivity contribution is -0.152. The van der Waals surface area contributed by atoms with E-state index in [1.165, 1.54) is 24.1 Å². The van der Waals surface area contributed by atoms with E-state index in [1.807, 2.05) is 4.90 Å². The molecule has 4 aliphatic rings. The molecule has 6 bridgehead atoms. The van der Waals surface area contributed by atoms with Gasteiger partial charge in [-0.05, 0) is 24.1 Å². The van der Waals surface area contributed by atoms with Gasteiger partial charge >= 0.3 is 0 Å². The number of nitrogens with zero attached hydrogens (tertiary/aromatic N) is 3. The Morgan fingerprint density at radius 2 is 1.75 bits per heavy atom. The van der Waals surface area contributed by atoms with E-state index in [0.29, 0.717) is 13.1 Å². The number of benzene rings is 1. The third-order valence-electron chi connectivity index (χ3n) is 8.70. The minimum Gasteiger partial charge on any atom is -0.388 e. The third kappa shape index (κ3) is 6.89. The maximum absolute atomic E-state index is 14.0. The highest BCUT2D eigenvalue weighted by Crippen LogP contribution is 2.27. The first-order chi connectivity index (χ1) is 20.8. The molecule has 0 radical (unpaired) electrons. The third-order valence-corrected chi connectivity index (χ3v) is 9.83. The Balaban J connectivity index is 1.43. The second kappa shape index (κ2) is 13.1. The van der Waals surface area contributed by atoms with Crippen LogP contribution in [0.2, 0.25) is 0 Å². The van der Waals surface area contributed by atoms with Gasteiger partial charge in [0.1, 0.15) is 31.0 Å². The number of rotatable bonds is 5. The second-order valence-electron chi connectivity index (χ2n) is 11.8. The number of carbonyl (C=O) groups excluding carboxylic acids is 4. The highest BCUT2D eigenvalue weighted by molar-refractivity contribution is 7.90. The Morgan fingerprint density at radius 1 is 1.05 bits per heavy atom. The van der Waals surface area contributed by atoms with Crippen LogP contribution < -0.4 is 10.6 Å². The zero-order chi connectivity index (χ0) is 31.8. The van der Waals surface area contributed by atoms with Gasteiger partial charge in [0.25, 0.3) is 0 Å². The zero-order valence-corrected chi connectivity index (χ0v) is 25.4. The number of methoxy groups -OCH3 is 1. The average Bonchev–Trinajstić information content (AvgIpc) is 3.49. The van der Waals surface area contributed by atoms with Crippen LogP contribution in [0, 0.1) is 0 Å². The van der Waals surface area contributed by atoms with Crippen LogP contribution in [0.1, 0.15) is 18.4 Å². The van der Waals surface area contributed by atoms with E-state index in [4.69, 9.17) is 9.47 Å². The molecule has 0 aromatic heterocycles. The van der Waals surface area contributed by atoms with Crippen LogP contribution >= 0.6 is 0 Å². The first-order valence-electron chi connectivity index (χ1n) is 14.5. The molecule has 4 heterocycles. The number of likely N-dealkylation sites (tertiary alicyclic amines) is 1. The van der Waals surface area contributed by atoms with Crippen molar-refractivity contribution >= 4 is 33.5 Å². The second-order valence-corrected chi connectivity index (χ2v) is 13.8. The molecule has 0 spiro atoms. The van der Waals surface area contributed by atoms with Gasteiger partial charge in [0.05, 0.1) is 30.0 Å². The SMILES string of the molecule is COCC(=O)N1CCN2C[C@H]1C(=O)NC[C@H]1O[C@@H](CC(=O)N[C@H]3C[C@@H](C2=O)N(Cc2ccc(S(C)(=O)=O)cc2)C3)[C@H](O)[C@@H]1O. The highest BCUT2D eigenvalue weighted by Gasteiger charge is 2.46. The van der Waals surface area contributed by atoms with Crippen molar-refractivity contribution in [2.75, 3.05) is 52.7 Å². The van der Waals surface area contributed by atoms with Crippen molar-refractivity contribution in [3.8, 4) is 0 Å². The number of aliphatic hydroxyl groups excluding tert-OH is 2. The van der Waals surface area contributed by atoms with Crippen molar-refractivity contribution in [3.05, 3.63) is 29.8 Å². The molecule has 4 fully saturated rings. The summed E-state index contributed by atoms with van der Waals surface area (Å²) in [5, 5.41) is 26.7. The standard InChI is InChI=1S/C28H39N5O10S/c1-42-15-24(35)33-8-7-31-14-20(33)27(38)29-11-22-26(37)25(36)21(43-22)10-23(34)30-17-9-19(28(31)39)32(13-17)12-16-3-5-18(6-4-16)44(2,40)41/h3-6,17,19-22,25-26,36-37H,7-15H2,1-2H3,(H,29,38)(H,30,34)/t17-,19-,20-,21-,22+,25-,26+/m0/s1. The molecule has 7 atom stereocenters. The fourth-order valence-corrected chi connectivity index (χ4v) is 7.02. The Morgan fingerprint density at radius 3 is 2.43 bits per heavy atom. The van der Waals surface area contributed by atoms with Crippen LogP contribution in [-0.2, 0) is 45.0 Å². The number of carbonyl (C=O) groups is 4. The Labute approximate surface area is 255 Å². The molecule has 4 aliphatic heterocycles. The summed E-state index contributed by atoms with van der Waals surface area (Å²) in [4.78, 5) is 58.3. The molecule has 0 unspecified atom stereocenters. The van der Waals surface area contributed by atoms with Crippen LogP contribution in [0.4, 0.5) is 0 Å². The Kier molecular flexibility index (Phi) is 9.58. The number of amides is 4. The monoisotopic (exact) mass is 637 g/mol. The molecular weight excluding hydrogens is 598 g/mol. The summed E-state index contributed by atoms with van der Waals surface area (Å²) in [5.74, 6) is -1.64. The fourth-order valence-electron chi connectivity index (χ4n) is 6.39. The molecular formula is C28H39N5O10S. The fraction of sp³-hybridized carbons (Fsp3) is 0.643. The Bertz CT molecular complexity index is 1380. The lowest BCUT2D eigenvalue weighted by Gasteiger charge is -2.42. The van der Waals surface area contributed by atoms with E-state index in [2.05, 4.69) is 10.6 Å². The molecule has 15 nitrogen and oxygen atoms in total. The smallest absolute Gasteiger partial charge is 0.249 e. The molecule has 0 aliphatic carbocycles. The lowest BCUT2D eigenvalue weighted by Crippen LogP contribution is -2.64. The van der Waals surface area contributed by atoms with E-state index < -0.39 is 70.1 Å². The number of hydrogen-bond donors (Lipinski definition) is 4. The largest absolute Gasteiger partial charge is 0.388 e. The Hall–Kier alpha value is -3.15. The summed E-state index contributed by atoms with van der Waals surface area (Å²) in [6, 6.07) is 4.24. The first kappa shape index (κ1) is 32.2. The highest BCUT2D eigenvalue weighted by atomic mass is 32.2. The van der Waals surface area contributed by atoms with E-state index in [0.717, 1.165) is 11.8 Å². The summed E-state index contributed by atoms with van der Waals surface area (Å²) in [5.41, 5.74) is 0.766.